The smallest absolute Gasteiger partial charge is 0.200 e. The topological polar surface area (TPSA) is 9.23 Å². The van der Waals surface area contributed by atoms with E-state index in [0.717, 1.165) is 0 Å². The van der Waals surface area contributed by atoms with Crippen molar-refractivity contribution in [1.82, 2.24) is 0 Å². The first kappa shape index (κ1) is 19.0. The zero-order valence-electron chi connectivity index (χ0n) is 13.6. The lowest BCUT2D eigenvalue weighted by molar-refractivity contribution is 0.260. The summed E-state index contributed by atoms with van der Waals surface area (Å²) in [5.74, 6) is -1.01. The Labute approximate surface area is 141 Å². The Morgan fingerprint density at radius 2 is 1.48 bits per heavy atom. The van der Waals surface area contributed by atoms with Crippen molar-refractivity contribution in [3.63, 3.8) is 0 Å². The minimum absolute atomic E-state index is 0.0413. The van der Waals surface area contributed by atoms with Gasteiger partial charge in [-0.3, -0.25) is 0 Å². The van der Waals surface area contributed by atoms with Crippen molar-refractivity contribution in [2.24, 2.45) is 0 Å². The molecular weight excluding hydrogens is 401 g/mol. The summed E-state index contributed by atoms with van der Waals surface area (Å²) >= 11 is 1.70. The maximum absolute atomic E-state index is 14.1. The van der Waals surface area contributed by atoms with Crippen LogP contribution in [0.4, 0.5) is 8.78 Å². The number of hydrogen-bond donors (Lipinski definition) is 0. The summed E-state index contributed by atoms with van der Waals surface area (Å²) in [6.07, 6.45) is 0. The highest BCUT2D eigenvalue weighted by molar-refractivity contribution is 14.1. The molecule has 0 aliphatic rings. The molecule has 0 heterocycles. The van der Waals surface area contributed by atoms with E-state index in [1.165, 1.54) is 12.1 Å². The molecule has 1 aromatic rings. The van der Waals surface area contributed by atoms with Gasteiger partial charge < -0.3 is 4.43 Å². The molecule has 0 aliphatic carbocycles. The van der Waals surface area contributed by atoms with Crippen molar-refractivity contribution >= 4 is 30.9 Å². The fourth-order valence-electron chi connectivity index (χ4n) is 3.38. The third-order valence-electron chi connectivity index (χ3n) is 4.30. The van der Waals surface area contributed by atoms with Gasteiger partial charge in [0.05, 0.1) is 10.2 Å². The zero-order valence-corrected chi connectivity index (χ0v) is 16.8. The second-order valence-corrected chi connectivity index (χ2v) is 13.0. The Morgan fingerprint density at radius 3 is 1.90 bits per heavy atom. The lowest BCUT2D eigenvalue weighted by atomic mass is 10.2. The molecule has 1 nitrogen and oxygen atoms in total. The maximum atomic E-state index is 14.1. The summed E-state index contributed by atoms with van der Waals surface area (Å²) in [7, 11) is -2.03. The van der Waals surface area contributed by atoms with Crippen LogP contribution in [0.25, 0.3) is 0 Å². The SMILES string of the molecule is CC(C)[Si](OCc1ccc(F)c(I)c1F)(C(C)C)C(C)C. The van der Waals surface area contributed by atoms with E-state index in [2.05, 4.69) is 41.5 Å². The molecule has 5 heteroatoms. The number of benzene rings is 1. The van der Waals surface area contributed by atoms with E-state index < -0.39 is 20.0 Å². The van der Waals surface area contributed by atoms with Crippen molar-refractivity contribution in [3.8, 4) is 0 Å². The Morgan fingerprint density at radius 1 is 1.00 bits per heavy atom. The number of rotatable bonds is 6. The third kappa shape index (κ3) is 3.85. The van der Waals surface area contributed by atoms with Gasteiger partial charge in [-0.15, -0.1) is 0 Å². The van der Waals surface area contributed by atoms with Crippen LogP contribution >= 0.6 is 22.6 Å². The molecule has 1 aromatic carbocycles. The molecule has 0 bridgehead atoms. The van der Waals surface area contributed by atoms with E-state index >= 15 is 0 Å². The zero-order chi connectivity index (χ0) is 16.4. The maximum Gasteiger partial charge on any atom is 0.200 e. The second-order valence-electron chi connectivity index (χ2n) is 6.44. The molecule has 1 rings (SSSR count). The van der Waals surface area contributed by atoms with Crippen LogP contribution in [-0.4, -0.2) is 8.32 Å². The molecule has 0 aromatic heterocycles. The molecule has 0 aliphatic heterocycles. The largest absolute Gasteiger partial charge is 0.412 e. The Balaban J connectivity index is 3.06. The highest BCUT2D eigenvalue weighted by Gasteiger charge is 2.45. The van der Waals surface area contributed by atoms with Crippen LogP contribution in [0.15, 0.2) is 12.1 Å². The highest BCUT2D eigenvalue weighted by Crippen LogP contribution is 2.42. The fourth-order valence-corrected chi connectivity index (χ4v) is 9.31. The quantitative estimate of drug-likeness (QED) is 0.296. The number of hydrogen-bond acceptors (Lipinski definition) is 1. The van der Waals surface area contributed by atoms with E-state index in [1.807, 2.05) is 0 Å². The van der Waals surface area contributed by atoms with Gasteiger partial charge in [-0.05, 0) is 45.3 Å². The summed E-state index contributed by atoms with van der Waals surface area (Å²) in [6.45, 7) is 13.4. The molecular formula is C16H25F2IOSi. The molecule has 0 amide bonds. The Hall–Kier alpha value is -0.0131. The van der Waals surface area contributed by atoms with Gasteiger partial charge in [-0.25, -0.2) is 8.78 Å². The molecule has 0 saturated carbocycles. The average molecular weight is 426 g/mol. The first-order valence-electron chi connectivity index (χ1n) is 7.40. The van der Waals surface area contributed by atoms with Crippen LogP contribution in [0.5, 0.6) is 0 Å². The lowest BCUT2D eigenvalue weighted by Gasteiger charge is -2.42. The van der Waals surface area contributed by atoms with Gasteiger partial charge in [-0.1, -0.05) is 47.6 Å². The first-order valence-corrected chi connectivity index (χ1v) is 10.6. The summed E-state index contributed by atoms with van der Waals surface area (Å²) in [5.41, 5.74) is 1.78. The fraction of sp³-hybridized carbons (Fsp3) is 0.625. The molecule has 0 atom stereocenters. The van der Waals surface area contributed by atoms with Crippen molar-refractivity contribution in [2.75, 3.05) is 0 Å². The van der Waals surface area contributed by atoms with Gasteiger partial charge >= 0.3 is 0 Å². The standard InChI is InChI=1S/C16H25F2IOSi/c1-10(2)21(11(3)4,12(5)6)20-9-13-7-8-14(17)16(19)15(13)18/h7-8,10-12H,9H2,1-6H3. The summed E-state index contributed by atoms with van der Waals surface area (Å²) in [5, 5.41) is 0. The van der Waals surface area contributed by atoms with E-state index in [1.54, 1.807) is 22.6 Å². The van der Waals surface area contributed by atoms with Crippen molar-refractivity contribution in [2.45, 2.75) is 64.8 Å². The van der Waals surface area contributed by atoms with Crippen LogP contribution in [0, 0.1) is 15.2 Å². The van der Waals surface area contributed by atoms with Gasteiger partial charge in [0.15, 0.2) is 0 Å². The Bertz CT molecular complexity index is 468. The predicted octanol–water partition coefficient (Wildman–Crippen LogP) is 6.26. The van der Waals surface area contributed by atoms with Crippen molar-refractivity contribution in [3.05, 3.63) is 32.9 Å². The van der Waals surface area contributed by atoms with E-state index in [4.69, 9.17) is 4.43 Å². The second kappa shape index (κ2) is 7.50. The van der Waals surface area contributed by atoms with Crippen LogP contribution in [0.1, 0.15) is 47.1 Å². The molecule has 0 fully saturated rings. The molecule has 21 heavy (non-hydrogen) atoms. The summed E-state index contributed by atoms with van der Waals surface area (Å²) in [6, 6.07) is 2.81. The molecule has 0 spiro atoms. The monoisotopic (exact) mass is 426 g/mol. The first-order chi connectivity index (χ1) is 9.64. The van der Waals surface area contributed by atoms with Crippen LogP contribution < -0.4 is 0 Å². The minimum Gasteiger partial charge on any atom is -0.412 e. The Kier molecular flexibility index (Phi) is 6.80. The normalized spacial score (nSPS) is 12.8. The van der Waals surface area contributed by atoms with Gasteiger partial charge in [-0.2, -0.15) is 0 Å². The predicted molar refractivity (Wildman–Crippen MR) is 94.9 cm³/mol. The molecule has 0 unspecified atom stereocenters. The highest BCUT2D eigenvalue weighted by atomic mass is 127. The lowest BCUT2D eigenvalue weighted by Crippen LogP contribution is -2.47. The molecule has 120 valence electrons. The molecule has 0 radical (unpaired) electrons. The summed E-state index contributed by atoms with van der Waals surface area (Å²) < 4.78 is 33.9. The summed E-state index contributed by atoms with van der Waals surface area (Å²) in [4.78, 5) is 0. The third-order valence-corrected chi connectivity index (χ3v) is 11.3. The van der Waals surface area contributed by atoms with Gasteiger partial charge in [0.2, 0.25) is 8.32 Å². The number of halogens is 3. The van der Waals surface area contributed by atoms with Gasteiger partial charge in [0, 0.05) is 5.56 Å². The molecule has 0 N–H and O–H groups in total. The van der Waals surface area contributed by atoms with Gasteiger partial charge in [0.25, 0.3) is 0 Å². The van der Waals surface area contributed by atoms with Crippen molar-refractivity contribution in [1.29, 1.82) is 0 Å². The van der Waals surface area contributed by atoms with E-state index in [-0.39, 0.29) is 10.2 Å². The van der Waals surface area contributed by atoms with E-state index in [0.29, 0.717) is 22.2 Å². The average Bonchev–Trinajstić information content (AvgIpc) is 2.37. The van der Waals surface area contributed by atoms with Crippen LogP contribution in [0.3, 0.4) is 0 Å². The van der Waals surface area contributed by atoms with E-state index in [9.17, 15) is 8.78 Å². The molecule has 0 saturated heterocycles. The van der Waals surface area contributed by atoms with Crippen molar-refractivity contribution < 1.29 is 13.2 Å². The van der Waals surface area contributed by atoms with Gasteiger partial charge in [0.1, 0.15) is 11.6 Å². The van der Waals surface area contributed by atoms with Crippen LogP contribution in [0.2, 0.25) is 16.6 Å². The minimum atomic E-state index is -2.03. The van der Waals surface area contributed by atoms with Crippen LogP contribution in [-0.2, 0) is 11.0 Å².